The second-order valence-corrected chi connectivity index (χ2v) is 8.38. The number of benzene rings is 3. The number of hydrogen-bond acceptors (Lipinski definition) is 3. The van der Waals surface area contributed by atoms with Gasteiger partial charge in [-0.15, -0.1) is 0 Å². The maximum absolute atomic E-state index is 14.2. The Hall–Kier alpha value is -2.05. The van der Waals surface area contributed by atoms with Crippen molar-refractivity contribution in [1.29, 1.82) is 0 Å². The second-order valence-electron chi connectivity index (χ2n) is 6.16. The Morgan fingerprint density at radius 1 is 0.966 bits per heavy atom. The van der Waals surface area contributed by atoms with E-state index < -0.39 is 5.82 Å². The van der Waals surface area contributed by atoms with Crippen LogP contribution < -0.4 is 5.56 Å². The van der Waals surface area contributed by atoms with Gasteiger partial charge < -0.3 is 0 Å². The topological polar surface area (TPSA) is 34.9 Å². The van der Waals surface area contributed by atoms with Gasteiger partial charge in [0.05, 0.1) is 16.6 Å². The first-order valence-corrected chi connectivity index (χ1v) is 10.6. The normalized spacial score (nSPS) is 11.2. The summed E-state index contributed by atoms with van der Waals surface area (Å²) in [7, 11) is 0. The first kappa shape index (κ1) is 20.2. The summed E-state index contributed by atoms with van der Waals surface area (Å²) < 4.78 is 15.7. The molecule has 0 aliphatic rings. The van der Waals surface area contributed by atoms with E-state index in [0.717, 1.165) is 0 Å². The Kier molecular flexibility index (Phi) is 5.83. The lowest BCUT2D eigenvalue weighted by Crippen LogP contribution is -2.21. The van der Waals surface area contributed by atoms with E-state index in [4.69, 9.17) is 34.8 Å². The average Bonchev–Trinajstić information content (AvgIpc) is 2.68. The van der Waals surface area contributed by atoms with Crippen LogP contribution in [0.3, 0.4) is 0 Å². The fourth-order valence-electron chi connectivity index (χ4n) is 2.86. The van der Waals surface area contributed by atoms with Crippen molar-refractivity contribution in [2.45, 2.75) is 10.9 Å². The predicted molar refractivity (Wildman–Crippen MR) is 118 cm³/mol. The molecule has 0 amide bonds. The highest BCUT2D eigenvalue weighted by Gasteiger charge is 2.16. The molecule has 0 N–H and O–H groups in total. The maximum atomic E-state index is 14.2. The lowest BCUT2D eigenvalue weighted by Gasteiger charge is -2.14. The summed E-state index contributed by atoms with van der Waals surface area (Å²) in [5, 5.41) is 2.17. The third-order valence-electron chi connectivity index (χ3n) is 4.29. The van der Waals surface area contributed by atoms with Crippen molar-refractivity contribution in [3.05, 3.63) is 97.5 Å². The van der Waals surface area contributed by atoms with E-state index in [1.165, 1.54) is 22.4 Å². The number of fused-ring (bicyclic) bond motifs is 1. The molecule has 0 saturated carbocycles. The van der Waals surface area contributed by atoms with E-state index in [9.17, 15) is 9.18 Å². The molecule has 0 atom stereocenters. The average molecular weight is 466 g/mol. The number of nitrogens with zero attached hydrogens (tertiary/aromatic N) is 2. The monoisotopic (exact) mass is 464 g/mol. The molecule has 0 saturated heterocycles. The van der Waals surface area contributed by atoms with Crippen molar-refractivity contribution in [1.82, 2.24) is 9.55 Å². The largest absolute Gasteiger partial charge is 0.268 e. The van der Waals surface area contributed by atoms with Gasteiger partial charge in [0.15, 0.2) is 5.16 Å². The molecule has 0 fully saturated rings. The molecule has 1 heterocycles. The molecule has 0 spiro atoms. The van der Waals surface area contributed by atoms with Crippen LogP contribution in [0.1, 0.15) is 5.56 Å². The SMILES string of the molecule is O=c1c2ccc(Cl)cc2nc(SCc2c(F)cccc2Cl)n1-c1ccc(Cl)cc1. The molecular formula is C21H12Cl3FN2OS. The molecule has 0 aliphatic carbocycles. The highest BCUT2D eigenvalue weighted by molar-refractivity contribution is 7.98. The van der Waals surface area contributed by atoms with Crippen LogP contribution in [-0.2, 0) is 5.75 Å². The van der Waals surface area contributed by atoms with Gasteiger partial charge in [-0.25, -0.2) is 9.37 Å². The molecule has 0 aliphatic heterocycles. The lowest BCUT2D eigenvalue weighted by molar-refractivity contribution is 0.617. The standard InChI is InChI=1S/C21H12Cl3FN2OS/c22-12-4-7-14(8-5-12)27-20(28)15-9-6-13(23)10-19(15)26-21(27)29-11-16-17(24)2-1-3-18(16)25/h1-10H,11H2. The minimum absolute atomic E-state index is 0.206. The van der Waals surface area contributed by atoms with E-state index in [1.54, 1.807) is 54.6 Å². The van der Waals surface area contributed by atoms with Crippen LogP contribution in [-0.4, -0.2) is 9.55 Å². The summed E-state index contributed by atoms with van der Waals surface area (Å²) in [6.45, 7) is 0. The van der Waals surface area contributed by atoms with Gasteiger partial charge in [-0.2, -0.15) is 0 Å². The van der Waals surface area contributed by atoms with Crippen LogP contribution in [0.25, 0.3) is 16.6 Å². The van der Waals surface area contributed by atoms with Crippen LogP contribution in [0.15, 0.2) is 70.6 Å². The van der Waals surface area contributed by atoms with Crippen LogP contribution >= 0.6 is 46.6 Å². The fourth-order valence-corrected chi connectivity index (χ4v) is 4.51. The van der Waals surface area contributed by atoms with Crippen molar-refractivity contribution in [3.63, 3.8) is 0 Å². The van der Waals surface area contributed by atoms with Gasteiger partial charge in [-0.1, -0.05) is 52.6 Å². The second kappa shape index (κ2) is 8.36. The van der Waals surface area contributed by atoms with E-state index in [0.29, 0.717) is 42.4 Å². The smallest absolute Gasteiger partial charge is 0.266 e. The molecule has 4 aromatic rings. The number of hydrogen-bond donors (Lipinski definition) is 0. The van der Waals surface area contributed by atoms with Crippen molar-refractivity contribution < 1.29 is 4.39 Å². The maximum Gasteiger partial charge on any atom is 0.266 e. The number of halogens is 4. The van der Waals surface area contributed by atoms with Crippen LogP contribution in [0.2, 0.25) is 15.1 Å². The van der Waals surface area contributed by atoms with Gasteiger partial charge in [-0.05, 0) is 54.6 Å². The zero-order chi connectivity index (χ0) is 20.5. The lowest BCUT2D eigenvalue weighted by atomic mass is 10.2. The van der Waals surface area contributed by atoms with Crippen LogP contribution in [0, 0.1) is 5.82 Å². The van der Waals surface area contributed by atoms with Gasteiger partial charge in [0.25, 0.3) is 5.56 Å². The van der Waals surface area contributed by atoms with E-state index in [-0.39, 0.29) is 11.3 Å². The van der Waals surface area contributed by atoms with Gasteiger partial charge in [0.2, 0.25) is 0 Å². The van der Waals surface area contributed by atoms with Crippen molar-refractivity contribution in [3.8, 4) is 5.69 Å². The molecular weight excluding hydrogens is 454 g/mol. The molecule has 29 heavy (non-hydrogen) atoms. The molecule has 3 nitrogen and oxygen atoms in total. The van der Waals surface area contributed by atoms with Gasteiger partial charge >= 0.3 is 0 Å². The fraction of sp³-hybridized carbons (Fsp3) is 0.0476. The highest BCUT2D eigenvalue weighted by Crippen LogP contribution is 2.30. The number of rotatable bonds is 4. The summed E-state index contributed by atoms with van der Waals surface area (Å²) in [4.78, 5) is 17.8. The summed E-state index contributed by atoms with van der Waals surface area (Å²) in [5.41, 5.74) is 1.17. The highest BCUT2D eigenvalue weighted by atomic mass is 35.5. The molecule has 4 rings (SSSR count). The molecule has 1 aromatic heterocycles. The minimum Gasteiger partial charge on any atom is -0.268 e. The van der Waals surface area contributed by atoms with Gasteiger partial charge in [0, 0.05) is 26.4 Å². The Balaban J connectivity index is 1.87. The predicted octanol–water partition coefficient (Wildman–Crippen LogP) is 6.78. The van der Waals surface area contributed by atoms with Gasteiger partial charge in [0.1, 0.15) is 5.82 Å². The van der Waals surface area contributed by atoms with E-state index >= 15 is 0 Å². The summed E-state index contributed by atoms with van der Waals surface area (Å²) >= 11 is 19.4. The van der Waals surface area contributed by atoms with Crippen LogP contribution in [0.5, 0.6) is 0 Å². The Morgan fingerprint density at radius 3 is 2.41 bits per heavy atom. The Morgan fingerprint density at radius 2 is 1.69 bits per heavy atom. The minimum atomic E-state index is -0.408. The summed E-state index contributed by atoms with van der Waals surface area (Å²) in [5.74, 6) is -0.202. The first-order chi connectivity index (χ1) is 13.9. The van der Waals surface area contributed by atoms with Crippen molar-refractivity contribution >= 4 is 57.5 Å². The first-order valence-electron chi connectivity index (χ1n) is 8.48. The summed E-state index contributed by atoms with van der Waals surface area (Å²) in [6.07, 6.45) is 0. The zero-order valence-electron chi connectivity index (χ0n) is 14.7. The third-order valence-corrected chi connectivity index (χ3v) is 6.10. The Labute approximate surface area is 185 Å². The third kappa shape index (κ3) is 4.14. The van der Waals surface area contributed by atoms with Crippen molar-refractivity contribution in [2.75, 3.05) is 0 Å². The zero-order valence-corrected chi connectivity index (χ0v) is 17.8. The molecule has 0 bridgehead atoms. The molecule has 146 valence electrons. The van der Waals surface area contributed by atoms with E-state index in [1.807, 2.05) is 0 Å². The van der Waals surface area contributed by atoms with Crippen LogP contribution in [0.4, 0.5) is 4.39 Å². The van der Waals surface area contributed by atoms with E-state index in [2.05, 4.69) is 4.98 Å². The van der Waals surface area contributed by atoms with Crippen molar-refractivity contribution in [2.24, 2.45) is 0 Å². The number of aromatic nitrogens is 2. The number of thioether (sulfide) groups is 1. The molecule has 8 heteroatoms. The summed E-state index contributed by atoms with van der Waals surface area (Å²) in [6, 6.07) is 16.3. The quantitative estimate of drug-likeness (QED) is 0.246. The van der Waals surface area contributed by atoms with Gasteiger partial charge in [-0.3, -0.25) is 9.36 Å². The molecule has 3 aromatic carbocycles. The molecule has 0 unspecified atom stereocenters. The Bertz CT molecular complexity index is 1260. The molecule has 0 radical (unpaired) electrons.